The minimum Gasteiger partial charge on any atom is -0.457 e. The van der Waals surface area contributed by atoms with E-state index in [1.54, 1.807) is 0 Å². The van der Waals surface area contributed by atoms with Crippen molar-refractivity contribution in [3.63, 3.8) is 0 Å². The Hall–Kier alpha value is -6.13. The van der Waals surface area contributed by atoms with Gasteiger partial charge in [-0.05, 0) is 69.5 Å². The number of nitrogens with zero attached hydrogens (tertiary/aromatic N) is 1. The van der Waals surface area contributed by atoms with Crippen molar-refractivity contribution in [2.75, 3.05) is 4.90 Å². The first kappa shape index (κ1) is 34.4. The number of fused-ring (bicyclic) bond motifs is 8. The second-order valence-corrected chi connectivity index (χ2v) is 14.0. The molecule has 0 saturated heterocycles. The zero-order chi connectivity index (χ0) is 38.4. The van der Waals surface area contributed by atoms with E-state index >= 15 is 0 Å². The molecule has 10 aromatic rings. The topological polar surface area (TPSA) is 29.5 Å². The Bertz CT molecular complexity index is 3210. The van der Waals surface area contributed by atoms with Crippen molar-refractivity contribution in [1.82, 2.24) is 0 Å². The molecule has 0 amide bonds. The number of hydrogen-bond acceptors (Lipinski definition) is 3. The molecule has 2 aromatic heterocycles. The highest BCUT2D eigenvalue weighted by atomic mass is 16.3. The molecule has 0 aliphatic heterocycles. The molecule has 0 N–H and O–H groups in total. The largest absolute Gasteiger partial charge is 0.457 e. The van der Waals surface area contributed by atoms with Crippen LogP contribution < -0.4 is 43.1 Å². The Kier molecular flexibility index (Phi) is 7.97. The van der Waals surface area contributed by atoms with Crippen molar-refractivity contribution in [2.45, 2.75) is 0 Å². The smallest absolute Gasteiger partial charge is 0.159 e. The molecule has 0 fully saturated rings. The molecule has 8 aromatic carbocycles. The predicted molar refractivity (Wildman–Crippen MR) is 242 cm³/mol. The molecule has 10 heteroatoms. The van der Waals surface area contributed by atoms with E-state index in [9.17, 15) is 0 Å². The van der Waals surface area contributed by atoms with Gasteiger partial charge in [0.2, 0.25) is 0 Å². The summed E-state index contributed by atoms with van der Waals surface area (Å²) in [4.78, 5) is 2.19. The summed E-state index contributed by atoms with van der Waals surface area (Å²) in [5, 5.41) is 5.10. The summed E-state index contributed by atoms with van der Waals surface area (Å²) in [6.07, 6.45) is 0. The van der Waals surface area contributed by atoms with Crippen molar-refractivity contribution in [3.05, 3.63) is 133 Å². The Balaban J connectivity index is 1.15. The van der Waals surface area contributed by atoms with Crippen molar-refractivity contribution < 1.29 is 8.83 Å². The highest BCUT2D eigenvalue weighted by Gasteiger charge is 2.23. The summed E-state index contributed by atoms with van der Waals surface area (Å²) in [7, 11) is 45.4. The van der Waals surface area contributed by atoms with E-state index < -0.39 is 0 Å². The molecule has 10 rings (SSSR count). The molecule has 0 unspecified atom stereocenters. The van der Waals surface area contributed by atoms with E-state index in [-0.39, 0.29) is 43.8 Å². The van der Waals surface area contributed by atoms with Gasteiger partial charge in [0.15, 0.2) is 5.58 Å². The van der Waals surface area contributed by atoms with Crippen LogP contribution in [0, 0.1) is 0 Å². The minimum absolute atomic E-state index is 0.126. The lowest BCUT2D eigenvalue weighted by molar-refractivity contribution is 0.673. The van der Waals surface area contributed by atoms with Crippen molar-refractivity contribution >= 4 is 165 Å². The summed E-state index contributed by atoms with van der Waals surface area (Å²) < 4.78 is 13.0. The van der Waals surface area contributed by atoms with Gasteiger partial charge in [0, 0.05) is 38.3 Å². The summed E-state index contributed by atoms with van der Waals surface area (Å²) >= 11 is 0. The van der Waals surface area contributed by atoms with Gasteiger partial charge >= 0.3 is 0 Å². The summed E-state index contributed by atoms with van der Waals surface area (Å²) in [5.74, 6) is 0. The van der Waals surface area contributed by atoms with E-state index in [4.69, 9.17) is 63.8 Å². The maximum Gasteiger partial charge on any atom is 0.159 e. The first-order chi connectivity index (χ1) is 27.2. The fourth-order valence-corrected chi connectivity index (χ4v) is 8.04. The third-order valence-corrected chi connectivity index (χ3v) is 10.9. The van der Waals surface area contributed by atoms with E-state index in [2.05, 4.69) is 83.8 Å². The number of hydrogen-bond donors (Lipinski definition) is 0. The molecular formula is C46H22B7NO2. The van der Waals surface area contributed by atoms with Crippen LogP contribution in [0.1, 0.15) is 0 Å². The molecule has 0 bridgehead atoms. The fourth-order valence-electron chi connectivity index (χ4n) is 8.04. The average molecular weight is 696 g/mol. The van der Waals surface area contributed by atoms with Crippen LogP contribution in [-0.4, -0.2) is 54.9 Å². The summed E-state index contributed by atoms with van der Waals surface area (Å²) in [6, 6.07) is 45.6. The van der Waals surface area contributed by atoms with Crippen molar-refractivity contribution in [3.8, 4) is 22.3 Å². The number of benzene rings is 8. The zero-order valence-corrected chi connectivity index (χ0v) is 30.0. The normalized spacial score (nSPS) is 11.7. The summed E-state index contributed by atoms with van der Waals surface area (Å²) in [5.41, 5.74) is 9.73. The Labute approximate surface area is 332 Å². The maximum atomic E-state index is 6.85. The standard InChI is InChI=1S/C46H22B7NO2/c47-36-33(39(50)45-34(37(36)48)35-38(49)40(51)41(52)42(53)46(35)56-45)26-15-20-28(21-16-26)54(27-18-13-24(14-19-27)23-7-2-1-3-8-23)32-12-6-11-30-31-22-17-25-9-4-5-10-29(25)43(31)55-44(30)32/h1-22H. The van der Waals surface area contributed by atoms with Gasteiger partial charge in [-0.1, -0.05) is 119 Å². The lowest BCUT2D eigenvalue weighted by atomic mass is 9.64. The van der Waals surface area contributed by atoms with Crippen LogP contribution in [0.4, 0.5) is 17.1 Å². The van der Waals surface area contributed by atoms with Crippen LogP contribution in [0.2, 0.25) is 0 Å². The molecule has 0 atom stereocenters. The van der Waals surface area contributed by atoms with Gasteiger partial charge in [0.25, 0.3) is 0 Å². The number of furan rings is 2. The van der Waals surface area contributed by atoms with Crippen LogP contribution >= 0.6 is 0 Å². The fraction of sp³-hybridized carbons (Fsp3) is 0. The van der Waals surface area contributed by atoms with E-state index in [0.29, 0.717) is 21.9 Å². The first-order valence-electron chi connectivity index (χ1n) is 18.0. The van der Waals surface area contributed by atoms with E-state index in [1.807, 2.05) is 54.6 Å². The van der Waals surface area contributed by atoms with Crippen LogP contribution in [0.15, 0.2) is 142 Å². The molecular weight excluding hydrogens is 674 g/mol. The monoisotopic (exact) mass is 697 g/mol. The lowest BCUT2D eigenvalue weighted by Crippen LogP contribution is -2.47. The molecule has 244 valence electrons. The number of rotatable bonds is 5. The highest BCUT2D eigenvalue weighted by molar-refractivity contribution is 6.69. The maximum absolute atomic E-state index is 6.85. The second-order valence-electron chi connectivity index (χ2n) is 14.0. The SMILES string of the molecule is [B]c1c([B])c([B])c2c(oc3c([B])c(-c4ccc(N(c5ccc(-c6ccccc6)cc5)c5cccc6c5oc5c7ccccc7ccc65)cc4)c([B])c([B])c32)c1[B]. The van der Waals surface area contributed by atoms with Gasteiger partial charge < -0.3 is 13.7 Å². The Morgan fingerprint density at radius 2 is 0.875 bits per heavy atom. The molecule has 14 radical (unpaired) electrons. The van der Waals surface area contributed by atoms with Crippen LogP contribution in [0.5, 0.6) is 0 Å². The number of para-hydroxylation sites is 1. The molecule has 56 heavy (non-hydrogen) atoms. The van der Waals surface area contributed by atoms with E-state index in [0.717, 1.165) is 66.5 Å². The van der Waals surface area contributed by atoms with Gasteiger partial charge in [-0.15, -0.1) is 10.9 Å². The van der Waals surface area contributed by atoms with Gasteiger partial charge in [0.05, 0.1) is 5.69 Å². The molecule has 0 aliphatic rings. The molecule has 3 nitrogen and oxygen atoms in total. The highest BCUT2D eigenvalue weighted by Crippen LogP contribution is 2.44. The molecule has 0 saturated carbocycles. The third kappa shape index (κ3) is 5.08. The van der Waals surface area contributed by atoms with Gasteiger partial charge in [-0.2, -0.15) is 0 Å². The molecule has 2 heterocycles. The van der Waals surface area contributed by atoms with Gasteiger partial charge in [-0.3, -0.25) is 0 Å². The van der Waals surface area contributed by atoms with Crippen LogP contribution in [0.3, 0.4) is 0 Å². The third-order valence-electron chi connectivity index (χ3n) is 10.9. The first-order valence-corrected chi connectivity index (χ1v) is 18.0. The Morgan fingerprint density at radius 1 is 0.339 bits per heavy atom. The lowest BCUT2D eigenvalue weighted by Gasteiger charge is -2.26. The zero-order valence-electron chi connectivity index (χ0n) is 30.0. The van der Waals surface area contributed by atoms with Crippen molar-refractivity contribution in [1.29, 1.82) is 0 Å². The van der Waals surface area contributed by atoms with Crippen LogP contribution in [0.25, 0.3) is 76.9 Å². The van der Waals surface area contributed by atoms with Gasteiger partial charge in [0.1, 0.15) is 71.7 Å². The predicted octanol–water partition coefficient (Wildman–Crippen LogP) is 5.00. The van der Waals surface area contributed by atoms with E-state index in [1.165, 1.54) is 0 Å². The number of anilines is 3. The second kappa shape index (κ2) is 13.0. The molecule has 0 spiro atoms. The summed E-state index contributed by atoms with van der Waals surface area (Å²) in [6.45, 7) is 0. The quantitative estimate of drug-likeness (QED) is 0.238. The minimum atomic E-state index is 0.126. The van der Waals surface area contributed by atoms with Crippen molar-refractivity contribution in [2.24, 2.45) is 0 Å². The van der Waals surface area contributed by atoms with Gasteiger partial charge in [-0.25, -0.2) is 0 Å². The average Bonchev–Trinajstić information content (AvgIpc) is 3.84. The van der Waals surface area contributed by atoms with Crippen LogP contribution in [-0.2, 0) is 0 Å². The Morgan fingerprint density at radius 3 is 1.59 bits per heavy atom. The molecule has 0 aliphatic carbocycles.